The van der Waals surface area contributed by atoms with E-state index in [1.165, 1.54) is 15.9 Å². The lowest BCUT2D eigenvalue weighted by Gasteiger charge is -2.28. The van der Waals surface area contributed by atoms with E-state index in [1.54, 1.807) is 24.4 Å². The molecule has 1 aliphatic rings. The first-order valence-corrected chi connectivity index (χ1v) is 12.9. The van der Waals surface area contributed by atoms with E-state index in [9.17, 15) is 13.2 Å². The lowest BCUT2D eigenvalue weighted by molar-refractivity contribution is 0.0942. The predicted molar refractivity (Wildman–Crippen MR) is 134 cm³/mol. The molecule has 5 rings (SSSR count). The quantitative estimate of drug-likeness (QED) is 0.442. The summed E-state index contributed by atoms with van der Waals surface area (Å²) in [5.74, 6) is -0.370. The molecule has 35 heavy (non-hydrogen) atoms. The monoisotopic (exact) mass is 483 g/mol. The van der Waals surface area contributed by atoms with Crippen molar-refractivity contribution in [1.29, 1.82) is 0 Å². The second kappa shape index (κ2) is 9.82. The third-order valence-electron chi connectivity index (χ3n) is 6.22. The maximum absolute atomic E-state index is 13.4. The van der Waals surface area contributed by atoms with Crippen LogP contribution in [0.2, 0.25) is 0 Å². The van der Waals surface area contributed by atoms with Gasteiger partial charge in [-0.05, 0) is 53.4 Å². The largest absolute Gasteiger partial charge is 0.340 e. The zero-order valence-corrected chi connectivity index (χ0v) is 19.9. The van der Waals surface area contributed by atoms with Gasteiger partial charge in [-0.25, -0.2) is 8.42 Å². The third-order valence-corrected chi connectivity index (χ3v) is 8.06. The molecule has 1 atom stereocenters. The van der Waals surface area contributed by atoms with Crippen molar-refractivity contribution < 1.29 is 13.2 Å². The van der Waals surface area contributed by atoms with Gasteiger partial charge in [0.05, 0.1) is 16.6 Å². The highest BCUT2D eigenvalue weighted by Gasteiger charge is 2.29. The zero-order valence-electron chi connectivity index (χ0n) is 19.0. The molecule has 0 saturated carbocycles. The number of aromatic nitrogens is 1. The minimum atomic E-state index is -3.75. The number of sulfonamides is 1. The molecule has 0 spiro atoms. The number of carbonyl (C=O) groups excluding carboxylic acids is 1. The van der Waals surface area contributed by atoms with E-state index in [1.807, 2.05) is 72.8 Å². The van der Waals surface area contributed by atoms with E-state index in [0.29, 0.717) is 25.2 Å². The Morgan fingerprint density at radius 3 is 2.37 bits per heavy atom. The van der Waals surface area contributed by atoms with E-state index in [2.05, 4.69) is 10.3 Å². The molecule has 0 aliphatic carbocycles. The van der Waals surface area contributed by atoms with Crippen LogP contribution >= 0.6 is 0 Å². The van der Waals surface area contributed by atoms with Crippen LogP contribution in [0.1, 0.15) is 38.8 Å². The number of carbonyl (C=O) groups is 1. The van der Waals surface area contributed by atoms with Gasteiger partial charge in [-0.2, -0.15) is 4.31 Å². The number of fused-ring (bicyclic) bond motifs is 1. The molecule has 7 heteroatoms. The lowest BCUT2D eigenvalue weighted by Crippen LogP contribution is -2.36. The number of rotatable bonds is 6. The summed E-state index contributed by atoms with van der Waals surface area (Å²) in [6, 6.07) is 28.8. The maximum atomic E-state index is 13.4. The fourth-order valence-electron chi connectivity index (χ4n) is 4.36. The molecule has 2 heterocycles. The van der Waals surface area contributed by atoms with Crippen molar-refractivity contribution in [3.63, 3.8) is 0 Å². The van der Waals surface area contributed by atoms with Gasteiger partial charge in [-0.15, -0.1) is 0 Å². The Morgan fingerprint density at radius 2 is 1.60 bits per heavy atom. The standard InChI is InChI=1S/C28H25N3O3S/c32-28(30-27(22-10-2-1-3-11-22)26-15-6-7-17-29-26)23-13-8-14-25(19-23)35(33,34)31-18-16-21-9-4-5-12-24(21)20-31/h1-15,17,19,27H,16,18,20H2,(H,30,32)/t27-/m0/s1. The highest BCUT2D eigenvalue weighted by atomic mass is 32.2. The molecular formula is C28H25N3O3S. The molecule has 176 valence electrons. The second-order valence-corrected chi connectivity index (χ2v) is 10.4. The number of nitrogens with zero attached hydrogens (tertiary/aromatic N) is 2. The normalized spacial score (nSPS) is 14.6. The molecule has 3 aromatic carbocycles. The summed E-state index contributed by atoms with van der Waals surface area (Å²) in [6.45, 7) is 0.732. The van der Waals surface area contributed by atoms with Gasteiger partial charge in [-0.1, -0.05) is 66.7 Å². The van der Waals surface area contributed by atoms with E-state index in [-0.39, 0.29) is 16.4 Å². The number of pyridine rings is 1. The first-order chi connectivity index (χ1) is 17.0. The highest BCUT2D eigenvalue weighted by Crippen LogP contribution is 2.26. The molecule has 1 aromatic heterocycles. The van der Waals surface area contributed by atoms with Crippen LogP contribution in [-0.2, 0) is 23.0 Å². The Kier molecular flexibility index (Phi) is 6.44. The summed E-state index contributed by atoms with van der Waals surface area (Å²) in [5, 5.41) is 3.03. The van der Waals surface area contributed by atoms with E-state index in [0.717, 1.165) is 11.1 Å². The van der Waals surface area contributed by atoms with Crippen molar-refractivity contribution in [2.45, 2.75) is 23.9 Å². The Balaban J connectivity index is 1.40. The summed E-state index contributed by atoms with van der Waals surface area (Å²) >= 11 is 0. The number of hydrogen-bond donors (Lipinski definition) is 1. The zero-order chi connectivity index (χ0) is 24.3. The minimum Gasteiger partial charge on any atom is -0.340 e. The van der Waals surface area contributed by atoms with Crippen LogP contribution in [-0.4, -0.2) is 30.2 Å². The Hall–Kier alpha value is -3.81. The van der Waals surface area contributed by atoms with Crippen molar-refractivity contribution in [2.24, 2.45) is 0 Å². The van der Waals surface area contributed by atoms with E-state index in [4.69, 9.17) is 0 Å². The van der Waals surface area contributed by atoms with Crippen LogP contribution < -0.4 is 5.32 Å². The van der Waals surface area contributed by atoms with Gasteiger partial charge in [0.2, 0.25) is 10.0 Å². The van der Waals surface area contributed by atoms with Gasteiger partial charge < -0.3 is 5.32 Å². The van der Waals surface area contributed by atoms with Gasteiger partial charge in [0, 0.05) is 24.8 Å². The fourth-order valence-corrected chi connectivity index (χ4v) is 5.82. The molecule has 0 fully saturated rings. The minimum absolute atomic E-state index is 0.110. The molecule has 0 bridgehead atoms. The van der Waals surface area contributed by atoms with Crippen LogP contribution in [0.15, 0.2) is 108 Å². The summed E-state index contributed by atoms with van der Waals surface area (Å²) in [7, 11) is -3.75. The molecule has 0 radical (unpaired) electrons. The van der Waals surface area contributed by atoms with Gasteiger partial charge in [-0.3, -0.25) is 9.78 Å². The molecule has 0 unspecified atom stereocenters. The number of benzene rings is 3. The van der Waals surface area contributed by atoms with Crippen LogP contribution in [0.4, 0.5) is 0 Å². The molecule has 4 aromatic rings. The summed E-state index contributed by atoms with van der Waals surface area (Å²) in [5.41, 5.74) is 4.05. The van der Waals surface area contributed by atoms with Gasteiger partial charge >= 0.3 is 0 Å². The Bertz CT molecular complexity index is 1400. The summed E-state index contributed by atoms with van der Waals surface area (Å²) < 4.78 is 28.3. The Morgan fingerprint density at radius 1 is 0.857 bits per heavy atom. The molecule has 6 nitrogen and oxygen atoms in total. The molecule has 1 amide bonds. The summed E-state index contributed by atoms with van der Waals surface area (Å²) in [4.78, 5) is 17.8. The van der Waals surface area contributed by atoms with Crippen molar-refractivity contribution in [2.75, 3.05) is 6.54 Å². The average molecular weight is 484 g/mol. The predicted octanol–water partition coefficient (Wildman–Crippen LogP) is 4.35. The van der Waals surface area contributed by atoms with Gasteiger partial charge in [0.15, 0.2) is 0 Å². The van der Waals surface area contributed by atoms with Crippen molar-refractivity contribution in [3.8, 4) is 0 Å². The third kappa shape index (κ3) is 4.87. The van der Waals surface area contributed by atoms with E-state index >= 15 is 0 Å². The van der Waals surface area contributed by atoms with Crippen molar-refractivity contribution >= 4 is 15.9 Å². The highest BCUT2D eigenvalue weighted by molar-refractivity contribution is 7.89. The summed E-state index contributed by atoms with van der Waals surface area (Å²) in [6.07, 6.45) is 2.35. The lowest BCUT2D eigenvalue weighted by atomic mass is 10.0. The fraction of sp³-hybridized carbons (Fsp3) is 0.143. The van der Waals surface area contributed by atoms with Crippen molar-refractivity contribution in [1.82, 2.24) is 14.6 Å². The molecular weight excluding hydrogens is 458 g/mol. The molecule has 1 N–H and O–H groups in total. The molecule has 0 saturated heterocycles. The van der Waals surface area contributed by atoms with Crippen LogP contribution in [0.5, 0.6) is 0 Å². The van der Waals surface area contributed by atoms with Crippen LogP contribution in [0.3, 0.4) is 0 Å². The first-order valence-electron chi connectivity index (χ1n) is 11.5. The van der Waals surface area contributed by atoms with Crippen molar-refractivity contribution in [3.05, 3.63) is 131 Å². The number of hydrogen-bond acceptors (Lipinski definition) is 4. The van der Waals surface area contributed by atoms with E-state index < -0.39 is 16.1 Å². The second-order valence-electron chi connectivity index (χ2n) is 8.46. The topological polar surface area (TPSA) is 79.4 Å². The maximum Gasteiger partial charge on any atom is 0.252 e. The molecule has 1 aliphatic heterocycles. The number of nitrogens with one attached hydrogen (secondary N) is 1. The van der Waals surface area contributed by atoms with Gasteiger partial charge in [0.1, 0.15) is 0 Å². The number of amides is 1. The first kappa shape index (κ1) is 23.0. The SMILES string of the molecule is O=C(N[C@@H](c1ccccc1)c1ccccn1)c1cccc(S(=O)(=O)N2CCc3ccccc3C2)c1. The average Bonchev–Trinajstić information content (AvgIpc) is 2.92. The smallest absolute Gasteiger partial charge is 0.252 e. The van der Waals surface area contributed by atoms with Crippen LogP contribution in [0, 0.1) is 0 Å². The Labute approximate surface area is 205 Å². The van der Waals surface area contributed by atoms with Crippen LogP contribution in [0.25, 0.3) is 0 Å². The van der Waals surface area contributed by atoms with Gasteiger partial charge in [0.25, 0.3) is 5.91 Å².